The van der Waals surface area contributed by atoms with E-state index in [0.717, 1.165) is 52.4 Å². The molecule has 3 aromatic carbocycles. The van der Waals surface area contributed by atoms with Gasteiger partial charge in [-0.1, -0.05) is 135 Å². The molecular formula is C38H58O2S2. The van der Waals surface area contributed by atoms with E-state index in [4.69, 9.17) is 9.47 Å². The largest absolute Gasteiger partial charge is 0.491 e. The first-order valence-corrected chi connectivity index (χ1v) is 19.2. The summed E-state index contributed by atoms with van der Waals surface area (Å²) in [5, 5.41) is 4.66. The highest BCUT2D eigenvalue weighted by Crippen LogP contribution is 2.44. The van der Waals surface area contributed by atoms with Crippen molar-refractivity contribution in [2.75, 3.05) is 36.2 Å². The maximum atomic E-state index is 6.64. The van der Waals surface area contributed by atoms with Crippen molar-refractivity contribution in [3.05, 3.63) is 48.0 Å². The van der Waals surface area contributed by atoms with Gasteiger partial charge < -0.3 is 9.47 Å². The fourth-order valence-electron chi connectivity index (χ4n) is 5.46. The second-order valence-corrected chi connectivity index (χ2v) is 15.1. The molecule has 4 heteroatoms. The molecule has 0 bridgehead atoms. The zero-order valence-electron chi connectivity index (χ0n) is 27.4. The molecule has 0 saturated carbocycles. The van der Waals surface area contributed by atoms with Gasteiger partial charge in [-0.15, -0.1) is 0 Å². The van der Waals surface area contributed by atoms with Gasteiger partial charge >= 0.3 is 0 Å². The Morgan fingerprint density at radius 3 is 1.48 bits per heavy atom. The molecule has 0 fully saturated rings. The summed E-state index contributed by atoms with van der Waals surface area (Å²) in [6, 6.07) is 15.5. The van der Waals surface area contributed by atoms with Crippen molar-refractivity contribution in [2.45, 2.75) is 117 Å². The van der Waals surface area contributed by atoms with Crippen LogP contribution in [0.25, 0.3) is 21.5 Å². The smallest absolute Gasteiger partial charge is 0.135 e. The van der Waals surface area contributed by atoms with Crippen molar-refractivity contribution in [3.63, 3.8) is 0 Å². The molecule has 0 N–H and O–H groups in total. The Morgan fingerprint density at radius 1 is 0.524 bits per heavy atom. The first kappa shape index (κ1) is 35.0. The SMILES string of the molecule is CCCCCCCCSCCOc1c2ccccc2c(OCCSCCCCCCCC)c2cc(C(C)(C)C)ccc12. The quantitative estimate of drug-likeness (QED) is 0.0831. The standard InChI is InChI=1S/C38H58O2S2/c1-6-8-10-12-14-18-26-41-28-24-39-36-32-20-16-17-21-33(32)37(35-30-31(38(3,4)5)22-23-34(35)36)40-25-29-42-27-19-15-13-11-9-7-2/h16-17,20-23,30H,6-15,18-19,24-29H2,1-5H3. The summed E-state index contributed by atoms with van der Waals surface area (Å²) < 4.78 is 13.2. The number of rotatable bonds is 22. The number of thioether (sulfide) groups is 2. The van der Waals surface area contributed by atoms with Crippen LogP contribution in [0.15, 0.2) is 42.5 Å². The predicted octanol–water partition coefficient (Wildman–Crippen LogP) is 12.2. The molecule has 0 aromatic heterocycles. The van der Waals surface area contributed by atoms with Crippen LogP contribution < -0.4 is 9.47 Å². The van der Waals surface area contributed by atoms with Gasteiger partial charge in [0.15, 0.2) is 0 Å². The Labute approximate surface area is 266 Å². The zero-order chi connectivity index (χ0) is 30.0. The van der Waals surface area contributed by atoms with Gasteiger partial charge in [-0.25, -0.2) is 0 Å². The van der Waals surface area contributed by atoms with Gasteiger partial charge in [-0.2, -0.15) is 23.5 Å². The average molecular weight is 611 g/mol. The van der Waals surface area contributed by atoms with Crippen molar-refractivity contribution in [3.8, 4) is 11.5 Å². The molecule has 0 atom stereocenters. The summed E-state index contributed by atoms with van der Waals surface area (Å²) in [6.07, 6.45) is 16.3. The molecule has 2 nitrogen and oxygen atoms in total. The van der Waals surface area contributed by atoms with Gasteiger partial charge in [0.05, 0.1) is 13.2 Å². The molecular weight excluding hydrogens is 553 g/mol. The van der Waals surface area contributed by atoms with Gasteiger partial charge in [-0.3, -0.25) is 0 Å². The second-order valence-electron chi connectivity index (χ2n) is 12.7. The minimum absolute atomic E-state index is 0.0677. The molecule has 0 spiro atoms. The second kappa shape index (κ2) is 19.7. The van der Waals surface area contributed by atoms with Crippen molar-refractivity contribution < 1.29 is 9.47 Å². The fraction of sp³-hybridized carbons (Fsp3) is 0.632. The van der Waals surface area contributed by atoms with E-state index in [-0.39, 0.29) is 5.41 Å². The lowest BCUT2D eigenvalue weighted by Gasteiger charge is -2.22. The van der Waals surface area contributed by atoms with Gasteiger partial charge in [0.1, 0.15) is 11.5 Å². The summed E-state index contributed by atoms with van der Waals surface area (Å²) in [7, 11) is 0. The minimum Gasteiger partial charge on any atom is -0.491 e. The van der Waals surface area contributed by atoms with Gasteiger partial charge in [0.25, 0.3) is 0 Å². The van der Waals surface area contributed by atoms with Crippen LogP contribution in [0.2, 0.25) is 0 Å². The monoisotopic (exact) mass is 610 g/mol. The molecule has 42 heavy (non-hydrogen) atoms. The molecule has 0 heterocycles. The predicted molar refractivity (Wildman–Crippen MR) is 193 cm³/mol. The summed E-state index contributed by atoms with van der Waals surface area (Å²) >= 11 is 4.06. The van der Waals surface area contributed by atoms with Crippen molar-refractivity contribution >= 4 is 45.1 Å². The van der Waals surface area contributed by atoms with Gasteiger partial charge in [-0.05, 0) is 41.4 Å². The maximum Gasteiger partial charge on any atom is 0.135 e. The first-order chi connectivity index (χ1) is 20.5. The molecule has 0 aliphatic heterocycles. The van der Waals surface area contributed by atoms with Crippen LogP contribution in [0.4, 0.5) is 0 Å². The molecule has 0 saturated heterocycles. The van der Waals surface area contributed by atoms with Crippen LogP contribution in [-0.4, -0.2) is 36.2 Å². The lowest BCUT2D eigenvalue weighted by Crippen LogP contribution is -2.11. The third-order valence-electron chi connectivity index (χ3n) is 8.02. The van der Waals surface area contributed by atoms with Crippen LogP contribution in [-0.2, 0) is 5.41 Å². The Kier molecular flexibility index (Phi) is 16.4. The Bertz CT molecular complexity index is 1170. The van der Waals surface area contributed by atoms with Crippen LogP contribution in [0.3, 0.4) is 0 Å². The number of benzene rings is 3. The third kappa shape index (κ3) is 11.5. The van der Waals surface area contributed by atoms with Gasteiger partial charge in [0.2, 0.25) is 0 Å². The zero-order valence-corrected chi connectivity index (χ0v) is 29.0. The van der Waals surface area contributed by atoms with E-state index in [1.165, 1.54) is 99.5 Å². The highest BCUT2D eigenvalue weighted by atomic mass is 32.2. The normalized spacial score (nSPS) is 11.9. The molecule has 234 valence electrons. The van der Waals surface area contributed by atoms with Crippen molar-refractivity contribution in [2.24, 2.45) is 0 Å². The number of ether oxygens (including phenoxy) is 2. The lowest BCUT2D eigenvalue weighted by atomic mass is 9.85. The van der Waals surface area contributed by atoms with E-state index in [1.807, 2.05) is 23.5 Å². The van der Waals surface area contributed by atoms with Gasteiger partial charge in [0, 0.05) is 33.1 Å². The minimum atomic E-state index is 0.0677. The van der Waals surface area contributed by atoms with E-state index in [0.29, 0.717) is 0 Å². The third-order valence-corrected chi connectivity index (χ3v) is 10.1. The average Bonchev–Trinajstić information content (AvgIpc) is 2.98. The van der Waals surface area contributed by atoms with E-state index in [9.17, 15) is 0 Å². The van der Waals surface area contributed by atoms with E-state index < -0.39 is 0 Å². The van der Waals surface area contributed by atoms with Crippen LogP contribution in [0, 0.1) is 0 Å². The molecule has 3 aromatic rings. The summed E-state index contributed by atoms with van der Waals surface area (Å²) in [5.41, 5.74) is 1.39. The van der Waals surface area contributed by atoms with E-state index in [2.05, 4.69) is 77.1 Å². The highest BCUT2D eigenvalue weighted by molar-refractivity contribution is 7.99. The summed E-state index contributed by atoms with van der Waals surface area (Å²) in [4.78, 5) is 0. The summed E-state index contributed by atoms with van der Waals surface area (Å²) in [5.74, 6) is 6.53. The van der Waals surface area contributed by atoms with Crippen LogP contribution >= 0.6 is 23.5 Å². The van der Waals surface area contributed by atoms with Crippen LogP contribution in [0.5, 0.6) is 11.5 Å². The Balaban J connectivity index is 1.68. The fourth-order valence-corrected chi connectivity index (χ4v) is 7.08. The van der Waals surface area contributed by atoms with Crippen LogP contribution in [0.1, 0.15) is 117 Å². The Hall–Kier alpha value is -1.52. The first-order valence-electron chi connectivity index (χ1n) is 16.9. The summed E-state index contributed by atoms with van der Waals surface area (Å²) in [6.45, 7) is 12.9. The van der Waals surface area contributed by atoms with Crippen molar-refractivity contribution in [1.82, 2.24) is 0 Å². The number of hydrogen-bond acceptors (Lipinski definition) is 4. The molecule has 0 unspecified atom stereocenters. The molecule has 0 aliphatic rings. The maximum absolute atomic E-state index is 6.64. The number of fused-ring (bicyclic) bond motifs is 2. The molecule has 0 radical (unpaired) electrons. The molecule has 3 rings (SSSR count). The number of unbranched alkanes of at least 4 members (excludes halogenated alkanes) is 10. The highest BCUT2D eigenvalue weighted by Gasteiger charge is 2.20. The van der Waals surface area contributed by atoms with Crippen molar-refractivity contribution in [1.29, 1.82) is 0 Å². The molecule has 0 aliphatic carbocycles. The Morgan fingerprint density at radius 2 is 0.976 bits per heavy atom. The molecule has 0 amide bonds. The van der Waals surface area contributed by atoms with E-state index in [1.54, 1.807) is 0 Å². The number of hydrogen-bond donors (Lipinski definition) is 0. The topological polar surface area (TPSA) is 18.5 Å². The lowest BCUT2D eigenvalue weighted by molar-refractivity contribution is 0.346. The van der Waals surface area contributed by atoms with E-state index >= 15 is 0 Å².